The molecule has 1 fully saturated rings. The van der Waals surface area contributed by atoms with E-state index in [1.54, 1.807) is 0 Å². The van der Waals surface area contributed by atoms with Crippen LogP contribution in [0.15, 0.2) is 0 Å². The lowest BCUT2D eigenvalue weighted by atomic mass is 9.85. The van der Waals surface area contributed by atoms with Gasteiger partial charge in [0.25, 0.3) is 0 Å². The molecule has 0 aromatic rings. The zero-order valence-electron chi connectivity index (χ0n) is 15.2. The van der Waals surface area contributed by atoms with Crippen LogP contribution in [0.1, 0.15) is 40.5 Å². The highest BCUT2D eigenvalue weighted by molar-refractivity contribution is 4.90. The van der Waals surface area contributed by atoms with Gasteiger partial charge in [-0.2, -0.15) is 0 Å². The molecule has 0 bridgehead atoms. The number of nitrogens with zero attached hydrogens (tertiary/aromatic N) is 2. The summed E-state index contributed by atoms with van der Waals surface area (Å²) in [6.07, 6.45) is 2.42. The molecule has 0 radical (unpaired) electrons. The molecule has 0 aliphatic carbocycles. The summed E-state index contributed by atoms with van der Waals surface area (Å²) in [6, 6.07) is 0. The van der Waals surface area contributed by atoms with Gasteiger partial charge in [-0.05, 0) is 67.3 Å². The first-order chi connectivity index (χ1) is 9.76. The maximum absolute atomic E-state index is 5.74. The van der Waals surface area contributed by atoms with Crippen molar-refractivity contribution in [1.29, 1.82) is 0 Å². The Bertz CT molecular complexity index is 280. The quantitative estimate of drug-likeness (QED) is 0.705. The van der Waals surface area contributed by atoms with Crippen molar-refractivity contribution in [3.8, 4) is 0 Å². The zero-order valence-corrected chi connectivity index (χ0v) is 15.2. The van der Waals surface area contributed by atoms with Gasteiger partial charge >= 0.3 is 0 Å². The number of hydrogen-bond donors (Lipinski definition) is 1. The fraction of sp³-hybridized carbons (Fsp3) is 1.00. The van der Waals surface area contributed by atoms with Gasteiger partial charge in [0.15, 0.2) is 0 Å². The van der Waals surface area contributed by atoms with E-state index in [0.717, 1.165) is 32.8 Å². The van der Waals surface area contributed by atoms with Crippen molar-refractivity contribution in [2.45, 2.75) is 46.1 Å². The second-order valence-electron chi connectivity index (χ2n) is 7.93. The third kappa shape index (κ3) is 7.59. The average Bonchev–Trinajstić information content (AvgIpc) is 2.83. The standard InChI is InChI=1S/C17H37N3O/c1-7-20(11-8-10-19(5)6)14-17(9-12-21-15-17)13-18-16(2,3)4/h18H,7-15H2,1-6H3. The fourth-order valence-electron chi connectivity index (χ4n) is 2.86. The molecule has 4 nitrogen and oxygen atoms in total. The summed E-state index contributed by atoms with van der Waals surface area (Å²) in [5, 5.41) is 3.69. The smallest absolute Gasteiger partial charge is 0.0547 e. The summed E-state index contributed by atoms with van der Waals surface area (Å²) in [4.78, 5) is 4.87. The van der Waals surface area contributed by atoms with E-state index in [2.05, 4.69) is 56.9 Å². The van der Waals surface area contributed by atoms with Crippen LogP contribution in [0.3, 0.4) is 0 Å². The SMILES string of the molecule is CCN(CCCN(C)C)CC1(CNC(C)(C)C)CCOC1. The summed E-state index contributed by atoms with van der Waals surface area (Å²) >= 11 is 0. The van der Waals surface area contributed by atoms with E-state index >= 15 is 0 Å². The Labute approximate surface area is 132 Å². The maximum atomic E-state index is 5.74. The second-order valence-corrected chi connectivity index (χ2v) is 7.93. The molecule has 1 rings (SSSR count). The molecule has 126 valence electrons. The van der Waals surface area contributed by atoms with Gasteiger partial charge in [0, 0.05) is 30.7 Å². The van der Waals surface area contributed by atoms with Crippen LogP contribution in [0.5, 0.6) is 0 Å². The Morgan fingerprint density at radius 1 is 1.19 bits per heavy atom. The average molecular weight is 300 g/mol. The van der Waals surface area contributed by atoms with Crippen LogP contribution in [-0.4, -0.2) is 75.4 Å². The van der Waals surface area contributed by atoms with E-state index in [-0.39, 0.29) is 5.54 Å². The van der Waals surface area contributed by atoms with E-state index in [1.807, 2.05) is 0 Å². The predicted octanol–water partition coefficient (Wildman–Crippen LogP) is 2.05. The first-order valence-corrected chi connectivity index (χ1v) is 8.46. The van der Waals surface area contributed by atoms with E-state index < -0.39 is 0 Å². The van der Waals surface area contributed by atoms with Crippen molar-refractivity contribution in [2.24, 2.45) is 5.41 Å². The molecule has 0 saturated carbocycles. The molecule has 1 heterocycles. The van der Waals surface area contributed by atoms with E-state index in [4.69, 9.17) is 4.74 Å². The van der Waals surface area contributed by atoms with Gasteiger partial charge < -0.3 is 19.9 Å². The van der Waals surface area contributed by atoms with Gasteiger partial charge in [-0.3, -0.25) is 0 Å². The highest BCUT2D eigenvalue weighted by atomic mass is 16.5. The predicted molar refractivity (Wildman–Crippen MR) is 90.9 cm³/mol. The number of hydrogen-bond acceptors (Lipinski definition) is 4. The molecule has 0 aromatic heterocycles. The Balaban J connectivity index is 2.50. The highest BCUT2D eigenvalue weighted by Crippen LogP contribution is 2.29. The Morgan fingerprint density at radius 3 is 2.38 bits per heavy atom. The molecule has 1 N–H and O–H groups in total. The molecule has 1 atom stereocenters. The van der Waals surface area contributed by atoms with Crippen LogP contribution in [0.25, 0.3) is 0 Å². The number of ether oxygens (including phenoxy) is 1. The lowest BCUT2D eigenvalue weighted by Gasteiger charge is -2.36. The minimum Gasteiger partial charge on any atom is -0.381 e. The van der Waals surface area contributed by atoms with Crippen LogP contribution in [0.2, 0.25) is 0 Å². The van der Waals surface area contributed by atoms with E-state index in [0.29, 0.717) is 5.41 Å². The Morgan fingerprint density at radius 2 is 1.90 bits per heavy atom. The molecule has 4 heteroatoms. The zero-order chi connectivity index (χ0) is 15.9. The maximum Gasteiger partial charge on any atom is 0.0547 e. The van der Waals surface area contributed by atoms with E-state index in [9.17, 15) is 0 Å². The topological polar surface area (TPSA) is 27.7 Å². The van der Waals surface area contributed by atoms with Crippen LogP contribution < -0.4 is 5.32 Å². The lowest BCUT2D eigenvalue weighted by molar-refractivity contribution is 0.103. The van der Waals surface area contributed by atoms with Gasteiger partial charge in [0.2, 0.25) is 0 Å². The van der Waals surface area contributed by atoms with Crippen molar-refractivity contribution >= 4 is 0 Å². The molecular formula is C17H37N3O. The van der Waals surface area contributed by atoms with Crippen molar-refractivity contribution < 1.29 is 4.74 Å². The van der Waals surface area contributed by atoms with Gasteiger partial charge in [-0.1, -0.05) is 6.92 Å². The molecule has 21 heavy (non-hydrogen) atoms. The van der Waals surface area contributed by atoms with Crippen LogP contribution >= 0.6 is 0 Å². The van der Waals surface area contributed by atoms with Gasteiger partial charge in [-0.15, -0.1) is 0 Å². The first kappa shape index (κ1) is 18.9. The molecule has 1 aliphatic heterocycles. The molecule has 0 amide bonds. The fourth-order valence-corrected chi connectivity index (χ4v) is 2.86. The Hall–Kier alpha value is -0.160. The summed E-state index contributed by atoms with van der Waals surface area (Å²) in [6.45, 7) is 16.5. The van der Waals surface area contributed by atoms with Crippen molar-refractivity contribution in [1.82, 2.24) is 15.1 Å². The highest BCUT2D eigenvalue weighted by Gasteiger charge is 2.37. The van der Waals surface area contributed by atoms with Gasteiger partial charge in [-0.25, -0.2) is 0 Å². The van der Waals surface area contributed by atoms with Crippen LogP contribution in [0, 0.1) is 5.41 Å². The summed E-state index contributed by atoms with van der Waals surface area (Å²) in [7, 11) is 4.30. The van der Waals surface area contributed by atoms with Crippen molar-refractivity contribution in [2.75, 3.05) is 60.0 Å². The minimum atomic E-state index is 0.178. The summed E-state index contributed by atoms with van der Waals surface area (Å²) in [5.74, 6) is 0. The van der Waals surface area contributed by atoms with Gasteiger partial charge in [0.1, 0.15) is 0 Å². The van der Waals surface area contributed by atoms with Crippen molar-refractivity contribution in [3.05, 3.63) is 0 Å². The number of nitrogens with one attached hydrogen (secondary N) is 1. The molecule has 0 spiro atoms. The number of rotatable bonds is 9. The van der Waals surface area contributed by atoms with Crippen molar-refractivity contribution in [3.63, 3.8) is 0 Å². The first-order valence-electron chi connectivity index (χ1n) is 8.46. The molecular weight excluding hydrogens is 262 g/mol. The molecule has 1 saturated heterocycles. The largest absolute Gasteiger partial charge is 0.381 e. The summed E-state index contributed by atoms with van der Waals surface area (Å²) in [5.41, 5.74) is 0.471. The van der Waals surface area contributed by atoms with Crippen LogP contribution in [0.4, 0.5) is 0 Å². The second kappa shape index (κ2) is 8.47. The van der Waals surface area contributed by atoms with E-state index in [1.165, 1.54) is 25.9 Å². The van der Waals surface area contributed by atoms with Gasteiger partial charge in [0.05, 0.1) is 6.61 Å². The lowest BCUT2D eigenvalue weighted by Crippen LogP contribution is -2.49. The summed E-state index contributed by atoms with van der Waals surface area (Å²) < 4.78 is 5.74. The van der Waals surface area contributed by atoms with Crippen LogP contribution in [-0.2, 0) is 4.74 Å². The third-order valence-corrected chi connectivity index (χ3v) is 4.26. The minimum absolute atomic E-state index is 0.178. The monoisotopic (exact) mass is 299 g/mol. The molecule has 1 aliphatic rings. The third-order valence-electron chi connectivity index (χ3n) is 4.26. The molecule has 0 aromatic carbocycles. The molecule has 1 unspecified atom stereocenters. The Kier molecular flexibility index (Phi) is 7.62. The normalized spacial score (nSPS) is 23.4.